The number of anilines is 1. The number of nitrogens with one attached hydrogen (secondary N) is 2. The van der Waals surface area contributed by atoms with Crippen LogP contribution in [0.25, 0.3) is 10.9 Å². The molecule has 39 heavy (non-hydrogen) atoms. The van der Waals surface area contributed by atoms with Crippen LogP contribution in [0.5, 0.6) is 0 Å². The molecule has 0 saturated carbocycles. The molecule has 0 aliphatic heterocycles. The molecule has 2 N–H and O–H groups in total. The lowest BCUT2D eigenvalue weighted by molar-refractivity contribution is 0.0948. The van der Waals surface area contributed by atoms with Gasteiger partial charge in [-0.1, -0.05) is 18.2 Å². The second kappa shape index (κ2) is 11.5. The topological polar surface area (TPSA) is 115 Å². The van der Waals surface area contributed by atoms with Crippen LogP contribution in [0.2, 0.25) is 0 Å². The van der Waals surface area contributed by atoms with E-state index in [2.05, 4.69) is 30.6 Å². The number of nitrogens with zero attached hydrogens (tertiary/aromatic N) is 5. The summed E-state index contributed by atoms with van der Waals surface area (Å²) in [6.45, 7) is 0.710. The monoisotopic (exact) mass is 527 g/mol. The molecule has 5 rings (SSSR count). The largest absolute Gasteiger partial charge is 0.369 e. The van der Waals surface area contributed by atoms with Crippen LogP contribution in [0.15, 0.2) is 84.4 Å². The van der Waals surface area contributed by atoms with Crippen molar-refractivity contribution in [3.8, 4) is 0 Å². The van der Waals surface area contributed by atoms with Crippen molar-refractivity contribution < 1.29 is 13.6 Å². The first-order valence-electron chi connectivity index (χ1n) is 12.1. The average molecular weight is 528 g/mol. The first-order chi connectivity index (χ1) is 19.0. The van der Waals surface area contributed by atoms with Gasteiger partial charge in [0.25, 0.3) is 11.5 Å². The number of pyridine rings is 1. The number of aromatic nitrogens is 5. The summed E-state index contributed by atoms with van der Waals surface area (Å²) in [6.07, 6.45) is 6.38. The number of carbonyl (C=O) groups is 1. The molecule has 0 aliphatic rings. The number of carbonyl (C=O) groups excluding carboxylic acids is 1. The molecular formula is C28H23F2N7O2. The third-order valence-corrected chi connectivity index (χ3v) is 6.04. The molecule has 5 aromatic rings. The van der Waals surface area contributed by atoms with Gasteiger partial charge in [-0.25, -0.2) is 23.7 Å². The van der Waals surface area contributed by atoms with Gasteiger partial charge in [0.15, 0.2) is 11.6 Å². The molecule has 1 amide bonds. The van der Waals surface area contributed by atoms with Crippen molar-refractivity contribution in [2.24, 2.45) is 0 Å². The van der Waals surface area contributed by atoms with Crippen molar-refractivity contribution in [1.29, 1.82) is 0 Å². The van der Waals surface area contributed by atoms with Crippen molar-refractivity contribution in [3.05, 3.63) is 124 Å². The van der Waals surface area contributed by atoms with Gasteiger partial charge in [-0.15, -0.1) is 0 Å². The van der Waals surface area contributed by atoms with Crippen LogP contribution >= 0.6 is 0 Å². The van der Waals surface area contributed by atoms with Gasteiger partial charge < -0.3 is 10.6 Å². The lowest BCUT2D eigenvalue weighted by atomic mass is 10.1. The Morgan fingerprint density at radius 1 is 0.949 bits per heavy atom. The maximum Gasteiger partial charge on any atom is 0.266 e. The molecule has 0 aliphatic carbocycles. The minimum absolute atomic E-state index is 0.0645. The zero-order valence-electron chi connectivity index (χ0n) is 20.6. The Hall–Kier alpha value is -5.06. The predicted octanol–water partition coefficient (Wildman–Crippen LogP) is 3.49. The smallest absolute Gasteiger partial charge is 0.266 e. The molecule has 2 aromatic carbocycles. The Morgan fingerprint density at radius 3 is 2.64 bits per heavy atom. The summed E-state index contributed by atoms with van der Waals surface area (Å²) in [5.74, 6) is -1.94. The zero-order valence-corrected chi connectivity index (χ0v) is 20.6. The van der Waals surface area contributed by atoms with Gasteiger partial charge in [-0.3, -0.25) is 19.1 Å². The quantitative estimate of drug-likeness (QED) is 0.302. The number of rotatable bonds is 9. The van der Waals surface area contributed by atoms with Crippen LogP contribution in [-0.2, 0) is 19.5 Å². The summed E-state index contributed by atoms with van der Waals surface area (Å²) in [5, 5.41) is 6.85. The van der Waals surface area contributed by atoms with E-state index in [1.807, 2.05) is 36.4 Å². The molecule has 0 bridgehead atoms. The van der Waals surface area contributed by atoms with E-state index in [1.165, 1.54) is 24.9 Å². The molecule has 9 nitrogen and oxygen atoms in total. The highest BCUT2D eigenvalue weighted by Crippen LogP contribution is 2.21. The number of benzene rings is 2. The van der Waals surface area contributed by atoms with E-state index in [0.717, 1.165) is 45.3 Å². The maximum absolute atomic E-state index is 13.5. The van der Waals surface area contributed by atoms with Gasteiger partial charge in [-0.2, -0.15) is 0 Å². The molecule has 3 heterocycles. The molecule has 0 saturated heterocycles. The minimum atomic E-state index is -1.02. The fourth-order valence-electron chi connectivity index (χ4n) is 4.04. The highest BCUT2D eigenvalue weighted by Gasteiger charge is 2.14. The van der Waals surface area contributed by atoms with Gasteiger partial charge in [0.2, 0.25) is 0 Å². The van der Waals surface area contributed by atoms with E-state index in [1.54, 1.807) is 6.20 Å². The molecule has 11 heteroatoms. The van der Waals surface area contributed by atoms with E-state index in [-0.39, 0.29) is 18.7 Å². The van der Waals surface area contributed by atoms with E-state index >= 15 is 0 Å². The summed E-state index contributed by atoms with van der Waals surface area (Å²) < 4.78 is 27.9. The Labute approximate surface area is 221 Å². The van der Waals surface area contributed by atoms with Gasteiger partial charge in [0.05, 0.1) is 18.4 Å². The third kappa shape index (κ3) is 6.09. The van der Waals surface area contributed by atoms with Crippen molar-refractivity contribution in [3.63, 3.8) is 0 Å². The second-order valence-electron chi connectivity index (χ2n) is 8.74. The maximum atomic E-state index is 13.5. The first-order valence-corrected chi connectivity index (χ1v) is 12.1. The van der Waals surface area contributed by atoms with E-state index in [4.69, 9.17) is 0 Å². The highest BCUT2D eigenvalue weighted by atomic mass is 19.2. The molecule has 0 spiro atoms. The molecule has 0 radical (unpaired) electrons. The van der Waals surface area contributed by atoms with Gasteiger partial charge in [0.1, 0.15) is 17.7 Å². The molecular weight excluding hydrogens is 504 g/mol. The normalized spacial score (nSPS) is 10.9. The standard InChI is InChI=1S/C28H23F2N7O2/c29-23-6-4-19(12-24(23)30)15-37-17-31-14-22(28(37)39)27(38)34-13-18-5-7-25-21(11-18)26(36-16-35-25)33-10-8-20-3-1-2-9-32-20/h1-7,9,11-12,14,16-17H,8,10,13,15H2,(H,34,38)(H,33,35,36). The Kier molecular flexibility index (Phi) is 7.58. The van der Waals surface area contributed by atoms with E-state index < -0.39 is 23.1 Å². The first kappa shape index (κ1) is 25.6. The van der Waals surface area contributed by atoms with Crippen LogP contribution < -0.4 is 16.2 Å². The Morgan fingerprint density at radius 2 is 1.82 bits per heavy atom. The molecule has 0 unspecified atom stereocenters. The summed E-state index contributed by atoms with van der Waals surface area (Å²) >= 11 is 0. The van der Waals surface area contributed by atoms with Crippen LogP contribution in [-0.4, -0.2) is 37.0 Å². The molecule has 3 aromatic heterocycles. The SMILES string of the molecule is O=C(NCc1ccc2ncnc(NCCc3ccccn3)c2c1)c1cncn(Cc2ccc(F)c(F)c2)c1=O. The van der Waals surface area contributed by atoms with Gasteiger partial charge in [0, 0.05) is 43.0 Å². The fourth-order valence-corrected chi connectivity index (χ4v) is 4.04. The Bertz CT molecular complexity index is 1690. The summed E-state index contributed by atoms with van der Waals surface area (Å²) in [6, 6.07) is 14.7. The zero-order chi connectivity index (χ0) is 27.2. The number of amides is 1. The Balaban J connectivity index is 1.27. The third-order valence-electron chi connectivity index (χ3n) is 6.04. The number of hydrogen-bond donors (Lipinski definition) is 2. The second-order valence-corrected chi connectivity index (χ2v) is 8.74. The van der Waals surface area contributed by atoms with Crippen LogP contribution in [0.4, 0.5) is 14.6 Å². The van der Waals surface area contributed by atoms with Crippen molar-refractivity contribution in [1.82, 2.24) is 29.8 Å². The van der Waals surface area contributed by atoms with Gasteiger partial charge >= 0.3 is 0 Å². The highest BCUT2D eigenvalue weighted by molar-refractivity contribution is 5.93. The van der Waals surface area contributed by atoms with Crippen LogP contribution in [0.1, 0.15) is 27.2 Å². The molecule has 196 valence electrons. The number of hydrogen-bond acceptors (Lipinski definition) is 7. The van der Waals surface area contributed by atoms with Crippen LogP contribution in [0.3, 0.4) is 0 Å². The van der Waals surface area contributed by atoms with Gasteiger partial charge in [-0.05, 0) is 47.5 Å². The van der Waals surface area contributed by atoms with Crippen molar-refractivity contribution >= 4 is 22.6 Å². The minimum Gasteiger partial charge on any atom is -0.369 e. The summed E-state index contributed by atoms with van der Waals surface area (Å²) in [7, 11) is 0. The summed E-state index contributed by atoms with van der Waals surface area (Å²) in [5.41, 5.74) is 2.08. The van der Waals surface area contributed by atoms with E-state index in [0.29, 0.717) is 17.9 Å². The summed E-state index contributed by atoms with van der Waals surface area (Å²) in [4.78, 5) is 42.7. The van der Waals surface area contributed by atoms with Crippen molar-refractivity contribution in [2.45, 2.75) is 19.5 Å². The van der Waals surface area contributed by atoms with Crippen LogP contribution in [0, 0.1) is 11.6 Å². The number of fused-ring (bicyclic) bond motifs is 1. The number of halogens is 2. The molecule has 0 fully saturated rings. The molecule has 0 atom stereocenters. The van der Waals surface area contributed by atoms with Crippen molar-refractivity contribution in [2.75, 3.05) is 11.9 Å². The predicted molar refractivity (Wildman–Crippen MR) is 141 cm³/mol. The fraction of sp³-hybridized carbons (Fsp3) is 0.143. The van der Waals surface area contributed by atoms with E-state index in [9.17, 15) is 18.4 Å². The average Bonchev–Trinajstić information content (AvgIpc) is 2.95. The lowest BCUT2D eigenvalue weighted by Gasteiger charge is -2.11. The lowest BCUT2D eigenvalue weighted by Crippen LogP contribution is -2.33.